The molecule has 0 aliphatic rings. The molecule has 0 aliphatic carbocycles. The van der Waals surface area contributed by atoms with E-state index in [1.807, 2.05) is 18.2 Å². The maximum Gasteiger partial charge on any atom is 0.339 e. The maximum atomic E-state index is 11.9. The van der Waals surface area contributed by atoms with E-state index in [4.69, 9.17) is 4.74 Å². The number of benzene rings is 1. The molecule has 0 bridgehead atoms. The van der Waals surface area contributed by atoms with Crippen molar-refractivity contribution in [2.75, 3.05) is 6.61 Å². The van der Waals surface area contributed by atoms with Gasteiger partial charge in [0.15, 0.2) is 0 Å². The number of H-pyrrole nitrogens is 1. The number of aromatic amines is 1. The highest BCUT2D eigenvalue weighted by atomic mass is 16.5. The van der Waals surface area contributed by atoms with E-state index < -0.39 is 5.97 Å². The summed E-state index contributed by atoms with van der Waals surface area (Å²) in [5.41, 5.74) is 3.94. The number of nitrogens with zero attached hydrogens (tertiary/aromatic N) is 2. The van der Waals surface area contributed by atoms with Crippen molar-refractivity contribution >= 4 is 5.97 Å². The van der Waals surface area contributed by atoms with Crippen molar-refractivity contribution in [2.24, 2.45) is 0 Å². The maximum absolute atomic E-state index is 11.9. The molecule has 28 heavy (non-hydrogen) atoms. The molecule has 0 fully saturated rings. The third-order valence-corrected chi connectivity index (χ3v) is 4.29. The molecule has 0 saturated carbocycles. The highest BCUT2D eigenvalue weighted by Gasteiger charge is 2.10. The minimum absolute atomic E-state index is 0.155. The van der Waals surface area contributed by atoms with Crippen molar-refractivity contribution in [1.29, 1.82) is 5.26 Å². The molecule has 3 aromatic rings. The molecule has 2 heterocycles. The normalized spacial score (nSPS) is 10.3. The highest BCUT2D eigenvalue weighted by Crippen LogP contribution is 2.17. The van der Waals surface area contributed by atoms with Crippen LogP contribution in [0.15, 0.2) is 59.8 Å². The summed E-state index contributed by atoms with van der Waals surface area (Å²) in [6.45, 7) is 2.06. The Kier molecular flexibility index (Phi) is 5.97. The van der Waals surface area contributed by atoms with Crippen LogP contribution in [0.3, 0.4) is 0 Å². The number of nitrogens with one attached hydrogen (secondary N) is 1. The van der Waals surface area contributed by atoms with Crippen LogP contribution < -0.4 is 5.56 Å². The Morgan fingerprint density at radius 3 is 2.75 bits per heavy atom. The number of ether oxygens (including phenoxy) is 1. The van der Waals surface area contributed by atoms with Gasteiger partial charge in [0.1, 0.15) is 0 Å². The molecule has 0 unspecified atom stereocenters. The standard InChI is InChI=1S/C22H19N3O3/c1-2-28-22(27)20-10-16(13-24-14-20)8-15-5-6-17(19(9-15)12-23)11-18-4-3-7-25-21(18)26/h3-7,9-10,13-14H,2,8,11H2,1H3,(H,25,26). The Labute approximate surface area is 162 Å². The molecule has 0 radical (unpaired) electrons. The zero-order valence-electron chi connectivity index (χ0n) is 15.4. The molecule has 0 saturated heterocycles. The molecule has 0 spiro atoms. The molecule has 0 aliphatic heterocycles. The van der Waals surface area contributed by atoms with Gasteiger partial charge in [-0.2, -0.15) is 5.26 Å². The fourth-order valence-corrected chi connectivity index (χ4v) is 2.94. The van der Waals surface area contributed by atoms with Gasteiger partial charge in [0.05, 0.1) is 23.8 Å². The number of esters is 1. The molecule has 2 aromatic heterocycles. The third kappa shape index (κ3) is 4.51. The van der Waals surface area contributed by atoms with Crippen LogP contribution in [0.2, 0.25) is 0 Å². The second kappa shape index (κ2) is 8.78. The monoisotopic (exact) mass is 373 g/mol. The Morgan fingerprint density at radius 1 is 1.14 bits per heavy atom. The number of hydrogen-bond donors (Lipinski definition) is 1. The van der Waals surface area contributed by atoms with Crippen molar-refractivity contribution < 1.29 is 9.53 Å². The minimum Gasteiger partial charge on any atom is -0.462 e. The molecular formula is C22H19N3O3. The predicted molar refractivity (Wildman–Crippen MR) is 104 cm³/mol. The van der Waals surface area contributed by atoms with Crippen molar-refractivity contribution in [2.45, 2.75) is 19.8 Å². The Morgan fingerprint density at radius 2 is 2.00 bits per heavy atom. The molecule has 6 heteroatoms. The first-order chi connectivity index (χ1) is 13.6. The summed E-state index contributed by atoms with van der Waals surface area (Å²) in [6, 6.07) is 13.1. The summed E-state index contributed by atoms with van der Waals surface area (Å²) in [7, 11) is 0. The van der Waals surface area contributed by atoms with Crippen LogP contribution in [0.1, 0.15) is 45.1 Å². The molecule has 0 atom stereocenters. The van der Waals surface area contributed by atoms with E-state index in [2.05, 4.69) is 16.0 Å². The molecule has 140 valence electrons. The van der Waals surface area contributed by atoms with Gasteiger partial charge in [-0.15, -0.1) is 0 Å². The van der Waals surface area contributed by atoms with Gasteiger partial charge >= 0.3 is 5.97 Å². The van der Waals surface area contributed by atoms with E-state index >= 15 is 0 Å². The van der Waals surface area contributed by atoms with E-state index in [1.165, 1.54) is 6.20 Å². The van der Waals surface area contributed by atoms with Gasteiger partial charge in [-0.25, -0.2) is 4.79 Å². The van der Waals surface area contributed by atoms with E-state index in [0.29, 0.717) is 36.1 Å². The van der Waals surface area contributed by atoms with E-state index in [-0.39, 0.29) is 5.56 Å². The Hall–Kier alpha value is -3.72. The van der Waals surface area contributed by atoms with Gasteiger partial charge in [0, 0.05) is 30.6 Å². The highest BCUT2D eigenvalue weighted by molar-refractivity contribution is 5.89. The minimum atomic E-state index is -0.405. The van der Waals surface area contributed by atoms with Gasteiger partial charge in [-0.3, -0.25) is 9.78 Å². The summed E-state index contributed by atoms with van der Waals surface area (Å²) in [5, 5.41) is 9.52. The van der Waals surface area contributed by atoms with Gasteiger partial charge in [-0.1, -0.05) is 18.2 Å². The van der Waals surface area contributed by atoms with Crippen molar-refractivity contribution in [3.63, 3.8) is 0 Å². The molecule has 1 aromatic carbocycles. The first kappa shape index (κ1) is 19.1. The number of pyridine rings is 2. The molecule has 1 N–H and O–H groups in total. The van der Waals surface area contributed by atoms with Crippen LogP contribution in [0.5, 0.6) is 0 Å². The summed E-state index contributed by atoms with van der Waals surface area (Å²) in [4.78, 5) is 30.5. The van der Waals surface area contributed by atoms with Gasteiger partial charge in [0.25, 0.3) is 5.56 Å². The van der Waals surface area contributed by atoms with Crippen LogP contribution in [0.4, 0.5) is 0 Å². The number of carbonyl (C=O) groups excluding carboxylic acids is 1. The SMILES string of the molecule is CCOC(=O)c1cncc(Cc2ccc(Cc3ccc[nH]c3=O)c(C#N)c2)c1. The van der Waals surface area contributed by atoms with Crippen LogP contribution in [0.25, 0.3) is 0 Å². The quantitative estimate of drug-likeness (QED) is 0.670. The first-order valence-electron chi connectivity index (χ1n) is 8.90. The molecular weight excluding hydrogens is 354 g/mol. The largest absolute Gasteiger partial charge is 0.462 e. The van der Waals surface area contributed by atoms with Crippen molar-refractivity contribution in [1.82, 2.24) is 9.97 Å². The van der Waals surface area contributed by atoms with Gasteiger partial charge < -0.3 is 9.72 Å². The number of hydrogen-bond acceptors (Lipinski definition) is 5. The zero-order chi connectivity index (χ0) is 19.9. The molecule has 0 amide bonds. The van der Waals surface area contributed by atoms with Crippen LogP contribution in [-0.4, -0.2) is 22.5 Å². The predicted octanol–water partition coefficient (Wildman–Crippen LogP) is 3.00. The van der Waals surface area contributed by atoms with Crippen LogP contribution >= 0.6 is 0 Å². The number of nitriles is 1. The number of aromatic nitrogens is 2. The fraction of sp³-hybridized carbons (Fsp3) is 0.182. The summed E-state index contributed by atoms with van der Waals surface area (Å²) >= 11 is 0. The topological polar surface area (TPSA) is 95.8 Å². The first-order valence-corrected chi connectivity index (χ1v) is 8.90. The van der Waals surface area contributed by atoms with Crippen molar-refractivity contribution in [3.05, 3.63) is 98.7 Å². The van der Waals surface area contributed by atoms with E-state index in [1.54, 1.807) is 37.5 Å². The lowest BCUT2D eigenvalue weighted by Crippen LogP contribution is -2.12. The lowest BCUT2D eigenvalue weighted by atomic mass is 9.96. The van der Waals surface area contributed by atoms with E-state index in [0.717, 1.165) is 16.7 Å². The van der Waals surface area contributed by atoms with Crippen LogP contribution in [0, 0.1) is 11.3 Å². The van der Waals surface area contributed by atoms with Gasteiger partial charge in [-0.05, 0) is 48.2 Å². The van der Waals surface area contributed by atoms with E-state index in [9.17, 15) is 14.9 Å². The zero-order valence-corrected chi connectivity index (χ0v) is 15.4. The second-order valence-corrected chi connectivity index (χ2v) is 6.28. The number of carbonyl (C=O) groups is 1. The molecule has 6 nitrogen and oxygen atoms in total. The summed E-state index contributed by atoms with van der Waals surface area (Å²) in [6.07, 6.45) is 5.66. The smallest absolute Gasteiger partial charge is 0.339 e. The summed E-state index contributed by atoms with van der Waals surface area (Å²) in [5.74, 6) is -0.405. The Bertz CT molecular complexity index is 1100. The summed E-state index contributed by atoms with van der Waals surface area (Å²) < 4.78 is 5.00. The average Bonchev–Trinajstić information content (AvgIpc) is 2.71. The third-order valence-electron chi connectivity index (χ3n) is 4.29. The van der Waals surface area contributed by atoms with Crippen molar-refractivity contribution in [3.8, 4) is 6.07 Å². The number of rotatable bonds is 6. The second-order valence-electron chi connectivity index (χ2n) is 6.28. The fourth-order valence-electron chi connectivity index (χ4n) is 2.94. The lowest BCUT2D eigenvalue weighted by molar-refractivity contribution is 0.0525. The van der Waals surface area contributed by atoms with Crippen LogP contribution in [-0.2, 0) is 17.6 Å². The Balaban J connectivity index is 1.82. The molecule has 3 rings (SSSR count). The lowest BCUT2D eigenvalue weighted by Gasteiger charge is -2.08. The van der Waals surface area contributed by atoms with Gasteiger partial charge in [0.2, 0.25) is 0 Å². The average molecular weight is 373 g/mol.